The van der Waals surface area contributed by atoms with E-state index < -0.39 is 0 Å². The summed E-state index contributed by atoms with van der Waals surface area (Å²) in [5.74, 6) is 1.51. The van der Waals surface area contributed by atoms with E-state index in [2.05, 4.69) is 27.3 Å². The number of nitrogens with zero attached hydrogens (tertiary/aromatic N) is 2. The maximum absolute atomic E-state index is 8.91. The minimum Gasteiger partial charge on any atom is -0.395 e. The predicted octanol–water partition coefficient (Wildman–Crippen LogP) is 1.29. The molecule has 2 rings (SSSR count). The van der Waals surface area contributed by atoms with Gasteiger partial charge in [0.25, 0.3) is 0 Å². The van der Waals surface area contributed by atoms with Crippen molar-refractivity contribution < 1.29 is 5.11 Å². The molecule has 0 amide bonds. The smallest absolute Gasteiger partial charge is 0.125 e. The third-order valence-corrected chi connectivity index (χ3v) is 3.45. The number of aliphatic hydroxyl groups excluding tert-OH is 1. The average molecular weight is 235 g/mol. The highest BCUT2D eigenvalue weighted by Gasteiger charge is 2.21. The van der Waals surface area contributed by atoms with E-state index in [1.807, 2.05) is 13.1 Å². The first-order valence-corrected chi connectivity index (χ1v) is 6.31. The Kier molecular flexibility index (Phi) is 4.34. The van der Waals surface area contributed by atoms with Crippen molar-refractivity contribution in [3.8, 4) is 0 Å². The molecule has 1 aliphatic heterocycles. The van der Waals surface area contributed by atoms with Gasteiger partial charge in [-0.2, -0.15) is 0 Å². The van der Waals surface area contributed by atoms with E-state index in [1.165, 1.54) is 5.69 Å². The lowest BCUT2D eigenvalue weighted by molar-refractivity contribution is 0.163. The second kappa shape index (κ2) is 5.98. The number of anilines is 1. The molecule has 0 aliphatic carbocycles. The van der Waals surface area contributed by atoms with Crippen LogP contribution in [0.4, 0.5) is 5.82 Å². The summed E-state index contributed by atoms with van der Waals surface area (Å²) >= 11 is 0. The molecule has 17 heavy (non-hydrogen) atoms. The molecular formula is C13H21N3O. The zero-order chi connectivity index (χ0) is 12.1. The molecule has 1 aromatic heterocycles. The molecule has 0 radical (unpaired) electrons. The lowest BCUT2D eigenvalue weighted by Gasteiger charge is -2.31. The van der Waals surface area contributed by atoms with Crippen molar-refractivity contribution in [2.24, 2.45) is 0 Å². The van der Waals surface area contributed by atoms with Crippen LogP contribution in [-0.4, -0.2) is 48.3 Å². The van der Waals surface area contributed by atoms with Crippen molar-refractivity contribution in [3.63, 3.8) is 0 Å². The molecule has 2 heterocycles. The molecule has 1 aliphatic rings. The first kappa shape index (κ1) is 12.3. The fourth-order valence-electron chi connectivity index (χ4n) is 2.41. The first-order valence-electron chi connectivity index (χ1n) is 6.31. The van der Waals surface area contributed by atoms with Gasteiger partial charge in [-0.25, -0.2) is 4.98 Å². The minimum absolute atomic E-state index is 0.262. The number of aliphatic hydroxyl groups is 1. The molecule has 94 valence electrons. The highest BCUT2D eigenvalue weighted by Crippen LogP contribution is 2.27. The predicted molar refractivity (Wildman–Crippen MR) is 69.3 cm³/mol. The second-order valence-electron chi connectivity index (χ2n) is 4.54. The Balaban J connectivity index is 1.95. The van der Waals surface area contributed by atoms with Crippen LogP contribution in [0.2, 0.25) is 0 Å². The van der Waals surface area contributed by atoms with Gasteiger partial charge in [0.2, 0.25) is 0 Å². The highest BCUT2D eigenvalue weighted by molar-refractivity contribution is 5.35. The number of aromatic nitrogens is 1. The molecule has 0 atom stereocenters. The van der Waals surface area contributed by atoms with Gasteiger partial charge in [0.15, 0.2) is 0 Å². The molecule has 4 heteroatoms. The van der Waals surface area contributed by atoms with Gasteiger partial charge in [0, 0.05) is 25.2 Å². The summed E-state index contributed by atoms with van der Waals surface area (Å²) in [4.78, 5) is 6.92. The number of piperidine rings is 1. The molecule has 2 N–H and O–H groups in total. The number of likely N-dealkylation sites (tertiary alicyclic amines) is 1. The van der Waals surface area contributed by atoms with Crippen molar-refractivity contribution in [1.29, 1.82) is 0 Å². The minimum atomic E-state index is 0.262. The van der Waals surface area contributed by atoms with Crippen LogP contribution in [0.25, 0.3) is 0 Å². The number of nitrogens with one attached hydrogen (secondary N) is 1. The highest BCUT2D eigenvalue weighted by atomic mass is 16.3. The molecule has 0 spiro atoms. The van der Waals surface area contributed by atoms with Crippen molar-refractivity contribution in [3.05, 3.63) is 23.9 Å². The van der Waals surface area contributed by atoms with Crippen molar-refractivity contribution in [2.45, 2.75) is 18.8 Å². The van der Waals surface area contributed by atoms with E-state index in [0.29, 0.717) is 5.92 Å². The monoisotopic (exact) mass is 235 g/mol. The lowest BCUT2D eigenvalue weighted by atomic mass is 9.93. The van der Waals surface area contributed by atoms with Crippen LogP contribution in [0.5, 0.6) is 0 Å². The van der Waals surface area contributed by atoms with E-state index >= 15 is 0 Å². The van der Waals surface area contributed by atoms with Gasteiger partial charge in [0.1, 0.15) is 5.82 Å². The average Bonchev–Trinajstić information content (AvgIpc) is 2.40. The van der Waals surface area contributed by atoms with Crippen LogP contribution >= 0.6 is 0 Å². The van der Waals surface area contributed by atoms with Crippen molar-refractivity contribution in [1.82, 2.24) is 9.88 Å². The molecule has 0 unspecified atom stereocenters. The normalized spacial score (nSPS) is 18.2. The van der Waals surface area contributed by atoms with E-state index in [0.717, 1.165) is 38.3 Å². The van der Waals surface area contributed by atoms with Gasteiger partial charge >= 0.3 is 0 Å². The van der Waals surface area contributed by atoms with E-state index in [-0.39, 0.29) is 6.61 Å². The van der Waals surface area contributed by atoms with Crippen LogP contribution in [0.15, 0.2) is 18.2 Å². The third kappa shape index (κ3) is 3.17. The van der Waals surface area contributed by atoms with Crippen LogP contribution in [0, 0.1) is 0 Å². The summed E-state index contributed by atoms with van der Waals surface area (Å²) in [7, 11) is 1.90. The van der Waals surface area contributed by atoms with E-state index in [9.17, 15) is 0 Å². The molecule has 1 aromatic rings. The van der Waals surface area contributed by atoms with Gasteiger partial charge in [-0.05, 0) is 38.1 Å². The summed E-state index contributed by atoms with van der Waals surface area (Å²) in [5, 5.41) is 12.0. The van der Waals surface area contributed by atoms with Gasteiger partial charge < -0.3 is 15.3 Å². The quantitative estimate of drug-likeness (QED) is 0.826. The Morgan fingerprint density at radius 1 is 1.41 bits per heavy atom. The van der Waals surface area contributed by atoms with Crippen LogP contribution in [-0.2, 0) is 0 Å². The summed E-state index contributed by atoms with van der Waals surface area (Å²) in [5.41, 5.74) is 1.19. The first-order chi connectivity index (χ1) is 8.33. The Bertz CT molecular complexity index is 348. The largest absolute Gasteiger partial charge is 0.395 e. The van der Waals surface area contributed by atoms with Gasteiger partial charge in [-0.3, -0.25) is 0 Å². The topological polar surface area (TPSA) is 48.4 Å². The van der Waals surface area contributed by atoms with E-state index in [4.69, 9.17) is 5.11 Å². The standard InChI is InChI=1S/C13H21N3O/c1-14-13-4-2-3-12(15-13)11-5-7-16(8-6-11)9-10-17/h2-4,11,17H,5-10H2,1H3,(H,14,15). The zero-order valence-corrected chi connectivity index (χ0v) is 10.4. The fourth-order valence-corrected chi connectivity index (χ4v) is 2.41. The number of hydrogen-bond donors (Lipinski definition) is 2. The molecule has 0 aromatic carbocycles. The molecule has 0 bridgehead atoms. The van der Waals surface area contributed by atoms with Crippen molar-refractivity contribution >= 4 is 5.82 Å². The Morgan fingerprint density at radius 2 is 2.18 bits per heavy atom. The summed E-state index contributed by atoms with van der Waals surface area (Å²) in [6, 6.07) is 6.17. The van der Waals surface area contributed by atoms with Gasteiger partial charge in [0.05, 0.1) is 6.61 Å². The van der Waals surface area contributed by atoms with Crippen LogP contribution in [0.3, 0.4) is 0 Å². The fraction of sp³-hybridized carbons (Fsp3) is 0.615. The molecule has 1 fully saturated rings. The van der Waals surface area contributed by atoms with Crippen LogP contribution in [0.1, 0.15) is 24.5 Å². The van der Waals surface area contributed by atoms with Gasteiger partial charge in [-0.15, -0.1) is 0 Å². The summed E-state index contributed by atoms with van der Waals surface area (Å²) < 4.78 is 0. The maximum atomic E-state index is 8.91. The second-order valence-corrected chi connectivity index (χ2v) is 4.54. The molecule has 4 nitrogen and oxygen atoms in total. The number of pyridine rings is 1. The van der Waals surface area contributed by atoms with E-state index in [1.54, 1.807) is 0 Å². The van der Waals surface area contributed by atoms with Crippen molar-refractivity contribution in [2.75, 3.05) is 38.6 Å². The third-order valence-electron chi connectivity index (χ3n) is 3.45. The SMILES string of the molecule is CNc1cccc(C2CCN(CCO)CC2)n1. The number of rotatable bonds is 4. The van der Waals surface area contributed by atoms with Crippen LogP contribution < -0.4 is 5.32 Å². The summed E-state index contributed by atoms with van der Waals surface area (Å²) in [6.07, 6.45) is 2.28. The summed E-state index contributed by atoms with van der Waals surface area (Å²) in [6.45, 7) is 3.20. The maximum Gasteiger partial charge on any atom is 0.125 e. The Morgan fingerprint density at radius 3 is 2.82 bits per heavy atom. The molecule has 1 saturated heterocycles. The number of β-amino-alcohol motifs (C(OH)–C–C–N with tert-alkyl or cyclic N) is 1. The Labute approximate surface area is 103 Å². The van der Waals surface area contributed by atoms with Gasteiger partial charge in [-0.1, -0.05) is 6.07 Å². The molecule has 0 saturated carbocycles. The lowest BCUT2D eigenvalue weighted by Crippen LogP contribution is -2.35. The molecular weight excluding hydrogens is 214 g/mol. The number of hydrogen-bond acceptors (Lipinski definition) is 4. The Hall–Kier alpha value is -1.13. The zero-order valence-electron chi connectivity index (χ0n) is 10.4.